The van der Waals surface area contributed by atoms with Crippen LogP contribution in [0.15, 0.2) is 239 Å². The summed E-state index contributed by atoms with van der Waals surface area (Å²) in [5, 5.41) is 35.0. The van der Waals surface area contributed by atoms with Gasteiger partial charge in [-0.25, -0.2) is 0 Å². The molecule has 0 aliphatic heterocycles. The van der Waals surface area contributed by atoms with E-state index in [9.17, 15) is 10.2 Å². The molecule has 24 nitrogen and oxygen atoms in total. The summed E-state index contributed by atoms with van der Waals surface area (Å²) >= 11 is 0. The number of azide groups is 6. The van der Waals surface area contributed by atoms with Gasteiger partial charge in [-0.1, -0.05) is 160 Å². The topological polar surface area (TPSA) is 358 Å². The summed E-state index contributed by atoms with van der Waals surface area (Å²) in [6.07, 6.45) is 6.51. The van der Waals surface area contributed by atoms with Gasteiger partial charge in [0, 0.05) is 86.1 Å². The van der Waals surface area contributed by atoms with Gasteiger partial charge in [-0.05, 0) is 171 Å². The van der Waals surface area contributed by atoms with Gasteiger partial charge in [0.15, 0.2) is 0 Å². The third-order valence-corrected chi connectivity index (χ3v) is 15.4. The van der Waals surface area contributed by atoms with Crippen molar-refractivity contribution in [3.8, 4) is 22.3 Å². The van der Waals surface area contributed by atoms with Gasteiger partial charge in [-0.2, -0.15) is 14.7 Å². The first-order valence-corrected chi connectivity index (χ1v) is 29.1. The zero-order valence-corrected chi connectivity index (χ0v) is 51.6. The first-order chi connectivity index (χ1) is 44.9. The normalized spacial score (nSPS) is 11.5. The number of rotatable bonds is 23. The predicted molar refractivity (Wildman–Crippen MR) is 363 cm³/mol. The molecule has 0 unspecified atom stereocenters. The average Bonchev–Trinajstić information content (AvgIpc) is 1.58. The fourth-order valence-electron chi connectivity index (χ4n) is 11.5. The van der Waals surface area contributed by atoms with Crippen LogP contribution in [0, 0.1) is 27.7 Å². The van der Waals surface area contributed by atoms with Crippen LogP contribution in [0.3, 0.4) is 0 Å². The number of aliphatic hydroxyl groups is 2. The van der Waals surface area contributed by atoms with E-state index in [1.54, 1.807) is 0 Å². The van der Waals surface area contributed by atoms with Gasteiger partial charge in [0.05, 0.1) is 28.9 Å². The van der Waals surface area contributed by atoms with Crippen LogP contribution in [-0.4, -0.2) is 49.9 Å². The monoisotopic (exact) mass is 1230 g/mol. The Labute approximate surface area is 533 Å². The van der Waals surface area contributed by atoms with E-state index in [4.69, 9.17) is 42.7 Å². The molecule has 466 valence electrons. The summed E-state index contributed by atoms with van der Waals surface area (Å²) in [5.41, 5.74) is 65.4. The van der Waals surface area contributed by atoms with Crippen molar-refractivity contribution in [3.63, 3.8) is 0 Å². The number of fused-ring (bicyclic) bond motifs is 6. The van der Waals surface area contributed by atoms with E-state index in [1.807, 2.05) is 12.2 Å². The van der Waals surface area contributed by atoms with Crippen LogP contribution in [0.1, 0.15) is 70.2 Å². The summed E-state index contributed by atoms with van der Waals surface area (Å²) < 4.78 is 12.0. The number of ether oxygens (including phenoxy) is 2. The molecular formula is C68H70N20O4. The minimum absolute atomic E-state index is 0.0671. The maximum absolute atomic E-state index is 10.1. The molecule has 2 N–H and O–H groups in total. The predicted octanol–water partition coefficient (Wildman–Crippen LogP) is 20.6. The van der Waals surface area contributed by atoms with Crippen molar-refractivity contribution in [3.05, 3.63) is 314 Å². The van der Waals surface area contributed by atoms with E-state index < -0.39 is 5.41 Å². The summed E-state index contributed by atoms with van der Waals surface area (Å²) in [4.78, 5) is 17.4. The van der Waals surface area contributed by atoms with Gasteiger partial charge in [-0.3, -0.25) is 0 Å². The van der Waals surface area contributed by atoms with Crippen LogP contribution >= 0.6 is 0 Å². The summed E-state index contributed by atoms with van der Waals surface area (Å²) in [6, 6.07) is 65.6. The Bertz CT molecular complexity index is 3830. The number of hydrogen-bond donors (Lipinski definition) is 2. The van der Waals surface area contributed by atoms with Gasteiger partial charge >= 0.3 is 0 Å². The van der Waals surface area contributed by atoms with Gasteiger partial charge < -0.3 is 29.5 Å². The van der Waals surface area contributed by atoms with E-state index in [1.165, 1.54) is 66.8 Å². The molecule has 0 heterocycles. The molecule has 92 heavy (non-hydrogen) atoms. The summed E-state index contributed by atoms with van der Waals surface area (Å²) in [6.45, 7) is 18.6. The first-order valence-electron chi connectivity index (χ1n) is 29.1. The van der Waals surface area contributed by atoms with Gasteiger partial charge in [0.2, 0.25) is 0 Å². The van der Waals surface area contributed by atoms with Crippen molar-refractivity contribution in [1.29, 1.82) is 0 Å². The SMILES string of the molecule is C=CCOCCC1(CCOCC=C)c2ccccc2-c2ccc(N(c3ccc(C)cc3)c3ccc(C)cc3)cc21.Cc1ccc(N(c2ccc(C)cc2)c2ccc3c(c2)C(CCO)(CCO)c2ccccc2-3)cc1.[N-]=[N+]=NN=[N+]=[N-].[N-]=[N+]=NN=[N+]=[N-].[N-]=[N+]=NN=[N+]=[N-]. The molecule has 2 aliphatic rings. The largest absolute Gasteiger partial charge is 0.396 e. The number of anilines is 6. The molecule has 0 aromatic heterocycles. The lowest BCUT2D eigenvalue weighted by Crippen LogP contribution is -2.29. The summed E-state index contributed by atoms with van der Waals surface area (Å²) in [5.74, 6) is 0. The second-order valence-electron chi connectivity index (χ2n) is 21.0. The van der Waals surface area contributed by atoms with Crippen molar-refractivity contribution >= 4 is 34.1 Å². The Balaban J connectivity index is 0.000000232. The molecule has 24 heteroatoms. The molecule has 8 aromatic carbocycles. The Morgan fingerprint density at radius 2 is 0.630 bits per heavy atom. The van der Waals surface area contributed by atoms with Crippen molar-refractivity contribution in [1.82, 2.24) is 0 Å². The molecule has 0 amide bonds. The number of aryl methyl sites for hydroxylation is 4. The third kappa shape index (κ3) is 17.7. The van der Waals surface area contributed by atoms with Crippen LogP contribution < -0.4 is 9.80 Å². The fraction of sp³-hybridized carbons (Fsp3) is 0.235. The molecule has 8 aromatic rings. The van der Waals surface area contributed by atoms with E-state index in [0.717, 1.165) is 47.0 Å². The first kappa shape index (κ1) is 69.6. The third-order valence-electron chi connectivity index (χ3n) is 15.4. The molecule has 0 fully saturated rings. The molecular weight excluding hydrogens is 1160 g/mol. The lowest BCUT2D eigenvalue weighted by atomic mass is 9.73. The zero-order valence-electron chi connectivity index (χ0n) is 51.6. The second-order valence-corrected chi connectivity index (χ2v) is 21.0. The number of hydrogen-bond acceptors (Lipinski definition) is 6. The number of benzene rings is 8. The lowest BCUT2D eigenvalue weighted by molar-refractivity contribution is 0.117. The Kier molecular flexibility index (Phi) is 27.3. The van der Waals surface area contributed by atoms with E-state index in [-0.39, 0.29) is 18.6 Å². The lowest BCUT2D eigenvalue weighted by Gasteiger charge is -2.33. The van der Waals surface area contributed by atoms with E-state index in [0.29, 0.717) is 39.3 Å². The molecule has 0 spiro atoms. The average molecular weight is 1230 g/mol. The van der Waals surface area contributed by atoms with Crippen molar-refractivity contribution < 1.29 is 19.7 Å². The van der Waals surface area contributed by atoms with Gasteiger partial charge in [0.25, 0.3) is 15.7 Å². The molecule has 0 radical (unpaired) electrons. The molecule has 0 bridgehead atoms. The second kappa shape index (κ2) is 36.1. The maximum atomic E-state index is 10.1. The van der Waals surface area contributed by atoms with Gasteiger partial charge in [-0.15, -0.1) is 29.8 Å². The van der Waals surface area contributed by atoms with Crippen molar-refractivity contribution in [2.24, 2.45) is 31.3 Å². The minimum atomic E-state index is -0.405. The molecule has 0 saturated carbocycles. The van der Waals surface area contributed by atoms with Crippen LogP contribution in [0.4, 0.5) is 34.1 Å². The standard InChI is InChI=1S/C37H39NO2.C31H31NO2.3N6/c1-5-23-39-25-21-37(22-26-40-24-6-2)35-10-8-7-9-33(35)34-20-19-32(27-36(34)37)38(30-15-11-28(3)12-16-30)31-17-13-29(4)14-18-31;1-22-7-11-24(12-8-22)32(25-13-9-23(2)10-14-25)26-15-16-28-27-5-3-4-6-29(27)31(17-19-33,18-20-34)30(28)21-26;3*1-3-5-6-4-2/h5-20,27H,1-2,21-26H2,3-4H3;3-16,21,33-34H,17-20H2,1-2H3;;;. The Morgan fingerprint density at radius 3 is 0.902 bits per heavy atom. The summed E-state index contributed by atoms with van der Waals surface area (Å²) in [7, 11) is 0. The highest BCUT2D eigenvalue weighted by Gasteiger charge is 2.44. The highest BCUT2D eigenvalue weighted by molar-refractivity contribution is 5.87. The van der Waals surface area contributed by atoms with Gasteiger partial charge in [0.1, 0.15) is 0 Å². The van der Waals surface area contributed by atoms with Crippen LogP contribution in [0.25, 0.3) is 84.9 Å². The fourth-order valence-corrected chi connectivity index (χ4v) is 11.5. The van der Waals surface area contributed by atoms with E-state index in [2.05, 4.69) is 293 Å². The number of aliphatic hydroxyl groups excluding tert-OH is 2. The molecule has 2 aliphatic carbocycles. The van der Waals surface area contributed by atoms with Crippen molar-refractivity contribution in [2.75, 3.05) is 49.4 Å². The highest BCUT2D eigenvalue weighted by atomic mass is 16.5. The quantitative estimate of drug-likeness (QED) is 0.0156. The van der Waals surface area contributed by atoms with Crippen molar-refractivity contribution in [2.45, 2.75) is 64.2 Å². The van der Waals surface area contributed by atoms with Crippen LogP contribution in [-0.2, 0) is 20.3 Å². The molecule has 10 rings (SSSR count). The Morgan fingerprint density at radius 1 is 0.370 bits per heavy atom. The molecule has 0 atom stereocenters. The van der Waals surface area contributed by atoms with Crippen LogP contribution in [0.5, 0.6) is 0 Å². The smallest absolute Gasteiger partial charge is 0.280 e. The van der Waals surface area contributed by atoms with E-state index >= 15 is 0 Å². The molecule has 0 saturated heterocycles. The maximum Gasteiger partial charge on any atom is 0.280 e. The zero-order chi connectivity index (χ0) is 66.1. The minimum Gasteiger partial charge on any atom is -0.396 e. The highest BCUT2D eigenvalue weighted by Crippen LogP contribution is 2.56. The Hall–Kier alpha value is -11.5. The number of nitrogens with zero attached hydrogens (tertiary/aromatic N) is 20. The van der Waals surface area contributed by atoms with Crippen LogP contribution in [0.2, 0.25) is 0 Å².